The molecule has 6 heteroatoms. The summed E-state index contributed by atoms with van der Waals surface area (Å²) in [5.41, 5.74) is -0.700. The van der Waals surface area contributed by atoms with E-state index >= 15 is 0 Å². The van der Waals surface area contributed by atoms with Gasteiger partial charge in [0.25, 0.3) is 0 Å². The van der Waals surface area contributed by atoms with Crippen molar-refractivity contribution in [3.8, 4) is 0 Å². The van der Waals surface area contributed by atoms with Crippen molar-refractivity contribution in [1.29, 1.82) is 0 Å². The van der Waals surface area contributed by atoms with Gasteiger partial charge in [0.15, 0.2) is 5.41 Å². The highest BCUT2D eigenvalue weighted by Gasteiger charge is 2.48. The van der Waals surface area contributed by atoms with Gasteiger partial charge in [-0.2, -0.15) is 0 Å². The summed E-state index contributed by atoms with van der Waals surface area (Å²) < 4.78 is 0. The van der Waals surface area contributed by atoms with E-state index < -0.39 is 17.4 Å². The molecule has 0 spiro atoms. The lowest BCUT2D eigenvalue weighted by Crippen LogP contribution is -2.44. The summed E-state index contributed by atoms with van der Waals surface area (Å²) >= 11 is 0. The maximum atomic E-state index is 11.2. The fraction of sp³-hybridized carbons (Fsp3) is 0.462. The van der Waals surface area contributed by atoms with E-state index in [4.69, 9.17) is 10.2 Å². The smallest absolute Gasteiger partial charge is 0.321 e. The Kier molecular flexibility index (Phi) is 3.69. The number of aromatic nitrogens is 1. The average molecular weight is 264 g/mol. The quantitative estimate of drug-likeness (QED) is 0.714. The molecule has 1 aromatic heterocycles. The molecule has 0 amide bonds. The van der Waals surface area contributed by atoms with Gasteiger partial charge in [0.2, 0.25) is 0 Å². The van der Waals surface area contributed by atoms with Crippen LogP contribution in [-0.4, -0.2) is 33.2 Å². The molecule has 19 heavy (non-hydrogen) atoms. The molecule has 1 aromatic rings. The molecular weight excluding hydrogens is 248 g/mol. The second-order valence-corrected chi connectivity index (χ2v) is 4.85. The monoisotopic (exact) mass is 264 g/mol. The zero-order valence-electron chi connectivity index (χ0n) is 10.4. The number of rotatable bonds is 4. The zero-order valence-corrected chi connectivity index (χ0v) is 10.4. The average Bonchev–Trinajstić information content (AvgIpc) is 2.40. The lowest BCUT2D eigenvalue weighted by molar-refractivity contribution is -0.167. The van der Waals surface area contributed by atoms with Crippen LogP contribution >= 0.6 is 0 Å². The van der Waals surface area contributed by atoms with Crippen LogP contribution in [0.15, 0.2) is 24.5 Å². The van der Waals surface area contributed by atoms with E-state index in [1.807, 2.05) is 12.1 Å². The summed E-state index contributed by atoms with van der Waals surface area (Å²) in [7, 11) is 0. The van der Waals surface area contributed by atoms with Gasteiger partial charge in [-0.05, 0) is 37.8 Å². The Bertz CT molecular complexity index is 451. The van der Waals surface area contributed by atoms with Gasteiger partial charge < -0.3 is 15.5 Å². The molecule has 2 rings (SSSR count). The first-order valence-corrected chi connectivity index (χ1v) is 6.18. The number of carboxylic acids is 2. The van der Waals surface area contributed by atoms with Crippen molar-refractivity contribution >= 4 is 17.6 Å². The van der Waals surface area contributed by atoms with E-state index in [9.17, 15) is 9.59 Å². The number of nitrogens with one attached hydrogen (secondary N) is 1. The van der Waals surface area contributed by atoms with Gasteiger partial charge in [-0.15, -0.1) is 0 Å². The maximum absolute atomic E-state index is 11.2. The highest BCUT2D eigenvalue weighted by atomic mass is 16.4. The van der Waals surface area contributed by atoms with E-state index in [1.54, 1.807) is 12.4 Å². The first kappa shape index (κ1) is 13.3. The van der Waals surface area contributed by atoms with E-state index in [1.165, 1.54) is 0 Å². The fourth-order valence-electron chi connectivity index (χ4n) is 2.46. The molecule has 3 N–H and O–H groups in total. The van der Waals surface area contributed by atoms with Crippen LogP contribution in [0.4, 0.5) is 5.69 Å². The van der Waals surface area contributed by atoms with Crippen molar-refractivity contribution in [2.24, 2.45) is 5.41 Å². The minimum Gasteiger partial charge on any atom is -0.480 e. The molecule has 1 heterocycles. The Morgan fingerprint density at radius 3 is 2.16 bits per heavy atom. The predicted molar refractivity (Wildman–Crippen MR) is 67.8 cm³/mol. The Morgan fingerprint density at radius 2 is 1.68 bits per heavy atom. The van der Waals surface area contributed by atoms with Gasteiger partial charge in [0, 0.05) is 24.1 Å². The van der Waals surface area contributed by atoms with Crippen LogP contribution in [0.5, 0.6) is 0 Å². The number of nitrogens with zero attached hydrogens (tertiary/aromatic N) is 1. The van der Waals surface area contributed by atoms with Gasteiger partial charge in [0.1, 0.15) is 0 Å². The molecule has 0 aliphatic heterocycles. The molecule has 0 unspecified atom stereocenters. The number of carboxylic acid groups (broad SMARTS) is 2. The van der Waals surface area contributed by atoms with Gasteiger partial charge in [-0.3, -0.25) is 14.6 Å². The van der Waals surface area contributed by atoms with Crippen LogP contribution in [0.25, 0.3) is 0 Å². The molecule has 0 saturated heterocycles. The largest absolute Gasteiger partial charge is 0.480 e. The van der Waals surface area contributed by atoms with Crippen molar-refractivity contribution in [3.63, 3.8) is 0 Å². The van der Waals surface area contributed by atoms with E-state index in [0.717, 1.165) is 5.69 Å². The number of carbonyl (C=O) groups is 2. The molecule has 1 aliphatic rings. The van der Waals surface area contributed by atoms with Crippen molar-refractivity contribution in [1.82, 2.24) is 4.98 Å². The van der Waals surface area contributed by atoms with Gasteiger partial charge in [0.05, 0.1) is 0 Å². The van der Waals surface area contributed by atoms with E-state index in [-0.39, 0.29) is 18.9 Å². The number of anilines is 1. The second kappa shape index (κ2) is 5.26. The molecule has 1 saturated carbocycles. The molecule has 6 nitrogen and oxygen atoms in total. The molecule has 1 fully saturated rings. The Hall–Kier alpha value is -2.11. The number of aliphatic carboxylic acids is 2. The lowest BCUT2D eigenvalue weighted by atomic mass is 9.72. The summed E-state index contributed by atoms with van der Waals surface area (Å²) in [6.45, 7) is 0. The third-order valence-electron chi connectivity index (χ3n) is 3.71. The molecule has 102 valence electrons. The van der Waals surface area contributed by atoms with Gasteiger partial charge in [-0.1, -0.05) is 0 Å². The van der Waals surface area contributed by atoms with Crippen LogP contribution in [-0.2, 0) is 9.59 Å². The van der Waals surface area contributed by atoms with Crippen LogP contribution in [0.3, 0.4) is 0 Å². The van der Waals surface area contributed by atoms with Crippen molar-refractivity contribution in [2.75, 3.05) is 5.32 Å². The van der Waals surface area contributed by atoms with Crippen molar-refractivity contribution < 1.29 is 19.8 Å². The van der Waals surface area contributed by atoms with Gasteiger partial charge in [-0.25, -0.2) is 0 Å². The Balaban J connectivity index is 1.99. The topological polar surface area (TPSA) is 99.5 Å². The minimum absolute atomic E-state index is 0.106. The van der Waals surface area contributed by atoms with Crippen LogP contribution < -0.4 is 5.32 Å². The fourth-order valence-corrected chi connectivity index (χ4v) is 2.46. The maximum Gasteiger partial charge on any atom is 0.321 e. The molecule has 0 atom stereocenters. The highest BCUT2D eigenvalue weighted by Crippen LogP contribution is 2.37. The van der Waals surface area contributed by atoms with Crippen LogP contribution in [0, 0.1) is 5.41 Å². The summed E-state index contributed by atoms with van der Waals surface area (Å²) in [4.78, 5) is 26.3. The van der Waals surface area contributed by atoms with E-state index in [0.29, 0.717) is 12.8 Å². The molecule has 0 aromatic carbocycles. The molecule has 0 bridgehead atoms. The number of hydrogen-bond acceptors (Lipinski definition) is 4. The second-order valence-electron chi connectivity index (χ2n) is 4.85. The first-order valence-electron chi connectivity index (χ1n) is 6.18. The summed E-state index contributed by atoms with van der Waals surface area (Å²) in [5.74, 6) is -2.47. The summed E-state index contributed by atoms with van der Waals surface area (Å²) in [5, 5.41) is 21.5. The van der Waals surface area contributed by atoms with E-state index in [2.05, 4.69) is 10.3 Å². The third kappa shape index (κ3) is 2.67. The lowest BCUT2D eigenvalue weighted by Gasteiger charge is -2.34. The predicted octanol–water partition coefficient (Wildman–Crippen LogP) is 1.59. The molecule has 0 radical (unpaired) electrons. The number of hydrogen-bond donors (Lipinski definition) is 3. The summed E-state index contributed by atoms with van der Waals surface area (Å²) in [6, 6.07) is 3.76. The van der Waals surface area contributed by atoms with Crippen molar-refractivity contribution in [2.45, 2.75) is 31.7 Å². The Morgan fingerprint density at radius 1 is 1.16 bits per heavy atom. The SMILES string of the molecule is O=C(O)C1(C(=O)O)CCC(Nc2ccncc2)CC1. The number of pyridine rings is 1. The van der Waals surface area contributed by atoms with Crippen LogP contribution in [0.2, 0.25) is 0 Å². The summed E-state index contributed by atoms with van der Waals surface area (Å²) in [6.07, 6.45) is 4.70. The molecular formula is C13H16N2O4. The Labute approximate surface area is 110 Å². The minimum atomic E-state index is -1.61. The first-order chi connectivity index (χ1) is 9.04. The third-order valence-corrected chi connectivity index (χ3v) is 3.71. The standard InChI is InChI=1S/C13H16N2O4/c16-11(17)13(12(18)19)5-1-9(2-6-13)15-10-3-7-14-8-4-10/h3-4,7-9H,1-2,5-6H2,(H,14,15)(H,16,17)(H,18,19). The van der Waals surface area contributed by atoms with Gasteiger partial charge >= 0.3 is 11.9 Å². The normalized spacial score (nSPS) is 18.7. The molecule has 1 aliphatic carbocycles. The highest BCUT2D eigenvalue weighted by molar-refractivity contribution is 5.98. The van der Waals surface area contributed by atoms with Crippen molar-refractivity contribution in [3.05, 3.63) is 24.5 Å². The van der Waals surface area contributed by atoms with Crippen LogP contribution in [0.1, 0.15) is 25.7 Å². The zero-order chi connectivity index (χ0) is 13.9.